The summed E-state index contributed by atoms with van der Waals surface area (Å²) in [6, 6.07) is 3.22. The predicted molar refractivity (Wildman–Crippen MR) is 124 cm³/mol. The summed E-state index contributed by atoms with van der Waals surface area (Å²) < 4.78 is 16.3. The lowest BCUT2D eigenvalue weighted by Crippen LogP contribution is -2.90. The van der Waals surface area contributed by atoms with Crippen LogP contribution in [0.4, 0.5) is 0 Å². The summed E-state index contributed by atoms with van der Waals surface area (Å²) in [4.78, 5) is 37.4. The third-order valence-electron chi connectivity index (χ3n) is 6.95. The molecule has 2 heterocycles. The molecule has 2 amide bonds. The van der Waals surface area contributed by atoms with Gasteiger partial charge in [-0.1, -0.05) is 12.1 Å². The minimum Gasteiger partial charge on any atom is -0.478 e. The number of aromatic carboxylic acids is 1. The number of carboxylic acids is 1. The molecule has 0 radical (unpaired) electrons. The molecular formula is C23H32N2O13. The Kier molecular flexibility index (Phi) is 9.08. The van der Waals surface area contributed by atoms with Crippen molar-refractivity contribution in [1.82, 2.24) is 10.6 Å². The number of hydrogen-bond donors (Lipinski definition) is 9. The molecule has 3 rings (SSSR count). The van der Waals surface area contributed by atoms with Crippen molar-refractivity contribution in [1.29, 1.82) is 0 Å². The predicted octanol–water partition coefficient (Wildman–Crippen LogP) is -4.07. The summed E-state index contributed by atoms with van der Waals surface area (Å²) in [6.07, 6.45) is -10.9. The van der Waals surface area contributed by atoms with E-state index in [-0.39, 0.29) is 5.56 Å². The van der Waals surface area contributed by atoms with Crippen LogP contribution in [-0.4, -0.2) is 134 Å². The number of carbonyl (C=O) groups excluding carboxylic acids is 2. The van der Waals surface area contributed by atoms with E-state index in [0.717, 1.165) is 20.1 Å². The van der Waals surface area contributed by atoms with Gasteiger partial charge in [0.05, 0.1) is 37.0 Å². The second-order valence-electron chi connectivity index (χ2n) is 9.11. The van der Waals surface area contributed by atoms with E-state index in [1.807, 2.05) is 0 Å². The zero-order valence-corrected chi connectivity index (χ0v) is 20.6. The average Bonchev–Trinajstić information content (AvgIpc) is 2.89. The Bertz CT molecular complexity index is 1040. The maximum Gasteiger partial charge on any atom is 0.336 e. The van der Waals surface area contributed by atoms with Gasteiger partial charge in [-0.15, -0.1) is 0 Å². The van der Waals surface area contributed by atoms with Crippen LogP contribution in [0.3, 0.4) is 0 Å². The van der Waals surface area contributed by atoms with Gasteiger partial charge in [0.1, 0.15) is 36.1 Å². The van der Waals surface area contributed by atoms with Gasteiger partial charge in [0, 0.05) is 14.0 Å². The average molecular weight is 545 g/mol. The lowest BCUT2D eigenvalue weighted by molar-refractivity contribution is -0.352. The van der Waals surface area contributed by atoms with Crippen LogP contribution in [-0.2, 0) is 19.0 Å². The number of ether oxygens (including phenoxy) is 3. The Balaban J connectivity index is 2.23. The Morgan fingerprint density at radius 3 is 2.26 bits per heavy atom. The number of nitrogens with one attached hydrogen (secondary N) is 2. The quantitative estimate of drug-likeness (QED) is 0.151. The van der Waals surface area contributed by atoms with Crippen LogP contribution in [0.5, 0.6) is 0 Å². The number of carboxylic acid groups (broad SMARTS) is 1. The molecular weight excluding hydrogens is 512 g/mol. The second kappa shape index (κ2) is 11.6. The molecule has 0 unspecified atom stereocenters. The fraction of sp³-hybridized carbons (Fsp3) is 0.609. The molecule has 1 aromatic carbocycles. The highest BCUT2D eigenvalue weighted by Gasteiger charge is 2.73. The fourth-order valence-corrected chi connectivity index (χ4v) is 5.24. The Labute approximate surface area is 216 Å². The Morgan fingerprint density at radius 1 is 1.11 bits per heavy atom. The van der Waals surface area contributed by atoms with Gasteiger partial charge < -0.3 is 60.6 Å². The van der Waals surface area contributed by atoms with E-state index in [1.165, 1.54) is 18.2 Å². The third kappa shape index (κ3) is 4.76. The van der Waals surface area contributed by atoms with Crippen molar-refractivity contribution in [3.8, 4) is 0 Å². The lowest BCUT2D eigenvalue weighted by Gasteiger charge is -2.62. The molecule has 2 aliphatic rings. The minimum atomic E-state index is -2.89. The fourth-order valence-electron chi connectivity index (χ4n) is 5.24. The molecule has 0 spiro atoms. The number of methoxy groups -OCH3 is 1. The van der Waals surface area contributed by atoms with Crippen molar-refractivity contribution in [2.75, 3.05) is 26.9 Å². The zero-order chi connectivity index (χ0) is 28.4. The van der Waals surface area contributed by atoms with Crippen LogP contribution in [0.25, 0.3) is 0 Å². The zero-order valence-electron chi connectivity index (χ0n) is 20.6. The second-order valence-corrected chi connectivity index (χ2v) is 9.11. The van der Waals surface area contributed by atoms with E-state index in [4.69, 9.17) is 14.2 Å². The minimum absolute atomic E-state index is 0.348. The van der Waals surface area contributed by atoms with Gasteiger partial charge in [-0.25, -0.2) is 4.79 Å². The highest BCUT2D eigenvalue weighted by atomic mass is 16.7. The van der Waals surface area contributed by atoms with E-state index in [2.05, 4.69) is 10.6 Å². The monoisotopic (exact) mass is 544 g/mol. The maximum atomic E-state index is 13.3. The standard InChI is InChI=1S/C23H32N2O13/c1-10(28)25-22(18(31)16(30)14(7-26)38-21(22)36-2)23(35)15(8-27)37-9-13(29)17(23)24-19(32)11-5-3-4-6-12(11)20(33)34/h3-6,13-18,21,26-27,29-31,35H,7-9H2,1-2H3,(H,24,32)(H,25,28)(H,33,34)/t13-,14+,15+,16+,17-,18-,21-,22+,23+/m0/s1. The molecule has 38 heavy (non-hydrogen) atoms. The van der Waals surface area contributed by atoms with E-state index in [0.29, 0.717) is 0 Å². The van der Waals surface area contributed by atoms with Crippen molar-refractivity contribution in [2.24, 2.45) is 0 Å². The van der Waals surface area contributed by atoms with Crippen molar-refractivity contribution >= 4 is 17.8 Å². The molecule has 0 aliphatic carbocycles. The highest BCUT2D eigenvalue weighted by Crippen LogP contribution is 2.45. The van der Waals surface area contributed by atoms with E-state index < -0.39 is 97.2 Å². The molecule has 2 saturated heterocycles. The van der Waals surface area contributed by atoms with Crippen molar-refractivity contribution < 1.29 is 64.3 Å². The summed E-state index contributed by atoms with van der Waals surface area (Å²) in [5.74, 6) is -3.40. The molecule has 2 fully saturated rings. The highest BCUT2D eigenvalue weighted by molar-refractivity contribution is 6.04. The number of aliphatic hydroxyl groups is 6. The van der Waals surface area contributed by atoms with Crippen molar-refractivity contribution in [3.63, 3.8) is 0 Å². The molecule has 15 heteroatoms. The third-order valence-corrected chi connectivity index (χ3v) is 6.95. The Hall–Kier alpha value is -2.73. The summed E-state index contributed by atoms with van der Waals surface area (Å²) in [6.45, 7) is -1.34. The molecule has 15 nitrogen and oxygen atoms in total. The first-order valence-corrected chi connectivity index (χ1v) is 11.6. The smallest absolute Gasteiger partial charge is 0.336 e. The number of carbonyl (C=O) groups is 3. The van der Waals surface area contributed by atoms with Gasteiger partial charge in [-0.3, -0.25) is 9.59 Å². The van der Waals surface area contributed by atoms with Gasteiger partial charge in [-0.05, 0) is 12.1 Å². The molecule has 9 N–H and O–H groups in total. The molecule has 0 aromatic heterocycles. The largest absolute Gasteiger partial charge is 0.478 e. The lowest BCUT2D eigenvalue weighted by atomic mass is 9.62. The number of aliphatic hydroxyl groups excluding tert-OH is 5. The first-order valence-electron chi connectivity index (χ1n) is 11.6. The van der Waals surface area contributed by atoms with Crippen LogP contribution in [0.15, 0.2) is 24.3 Å². The normalized spacial score (nSPS) is 37.3. The van der Waals surface area contributed by atoms with Crippen LogP contribution < -0.4 is 10.6 Å². The van der Waals surface area contributed by atoms with Crippen LogP contribution in [0, 0.1) is 0 Å². The van der Waals surface area contributed by atoms with E-state index in [9.17, 15) is 50.1 Å². The first-order chi connectivity index (χ1) is 17.9. The van der Waals surface area contributed by atoms with E-state index >= 15 is 0 Å². The summed E-state index contributed by atoms with van der Waals surface area (Å²) in [5.41, 5.74) is -6.28. The molecule has 212 valence electrons. The number of benzene rings is 1. The number of amides is 2. The van der Waals surface area contributed by atoms with Gasteiger partial charge >= 0.3 is 5.97 Å². The van der Waals surface area contributed by atoms with Crippen LogP contribution in [0.1, 0.15) is 27.6 Å². The molecule has 0 bridgehead atoms. The van der Waals surface area contributed by atoms with Gasteiger partial charge in [-0.2, -0.15) is 0 Å². The molecule has 2 aliphatic heterocycles. The van der Waals surface area contributed by atoms with Gasteiger partial charge in [0.25, 0.3) is 5.91 Å². The summed E-state index contributed by atoms with van der Waals surface area (Å²) >= 11 is 0. The molecule has 0 saturated carbocycles. The topological polar surface area (TPSA) is 245 Å². The van der Waals surface area contributed by atoms with E-state index in [1.54, 1.807) is 0 Å². The van der Waals surface area contributed by atoms with Crippen LogP contribution >= 0.6 is 0 Å². The van der Waals surface area contributed by atoms with Crippen molar-refractivity contribution in [2.45, 2.75) is 60.9 Å². The number of rotatable bonds is 8. The maximum absolute atomic E-state index is 13.3. The molecule has 1 aromatic rings. The first kappa shape index (κ1) is 29.8. The molecule has 9 atom stereocenters. The Morgan fingerprint density at radius 2 is 1.74 bits per heavy atom. The van der Waals surface area contributed by atoms with Crippen LogP contribution in [0.2, 0.25) is 0 Å². The summed E-state index contributed by atoms with van der Waals surface area (Å²) in [7, 11) is 1.06. The SMILES string of the molecule is CO[C@H]1O[C@H](CO)[C@@H](O)[C@H](O)[C@]1(NC(C)=O)[C@@]1(O)[C@@H](CO)OC[C@H](O)[C@@H]1NC(=O)c1ccccc1C(=O)O. The van der Waals surface area contributed by atoms with Gasteiger partial charge in [0.2, 0.25) is 5.91 Å². The van der Waals surface area contributed by atoms with Gasteiger partial charge in [0.15, 0.2) is 11.8 Å². The van der Waals surface area contributed by atoms with Crippen molar-refractivity contribution in [3.05, 3.63) is 35.4 Å². The number of hydrogen-bond acceptors (Lipinski definition) is 12. The summed E-state index contributed by atoms with van der Waals surface area (Å²) in [5, 5.41) is 79.2.